The highest BCUT2D eigenvalue weighted by molar-refractivity contribution is 7.87. The van der Waals surface area contributed by atoms with Gasteiger partial charge in [0.25, 0.3) is 10.1 Å². The molecule has 0 aliphatic carbocycles. The summed E-state index contributed by atoms with van der Waals surface area (Å²) < 4.78 is 31.7. The lowest BCUT2D eigenvalue weighted by Gasteiger charge is -2.42. The third-order valence-corrected chi connectivity index (χ3v) is 5.94. The summed E-state index contributed by atoms with van der Waals surface area (Å²) in [6.45, 7) is 22.4. The minimum atomic E-state index is -3.90. The predicted octanol–water partition coefficient (Wildman–Crippen LogP) is 5.44. The van der Waals surface area contributed by atoms with Crippen LogP contribution in [-0.2, 0) is 14.3 Å². The van der Waals surface area contributed by atoms with Crippen LogP contribution < -0.4 is 9.80 Å². The van der Waals surface area contributed by atoms with Crippen LogP contribution >= 0.6 is 0 Å². The van der Waals surface area contributed by atoms with E-state index in [0.717, 1.165) is 5.69 Å². The van der Waals surface area contributed by atoms with Crippen molar-refractivity contribution in [3.05, 3.63) is 18.2 Å². The van der Waals surface area contributed by atoms with E-state index >= 15 is 0 Å². The Bertz CT molecular complexity index is 740. The zero-order valence-electron chi connectivity index (χ0n) is 19.6. The Morgan fingerprint density at radius 3 is 1.71 bits per heavy atom. The molecule has 0 spiro atoms. The summed E-state index contributed by atoms with van der Waals surface area (Å²) in [6, 6.07) is 6.25. The Morgan fingerprint density at radius 1 is 0.857 bits per heavy atom. The SMILES string of the molecule is CC(C)OS(=O)(=O)c1cc(N(C(C)C)C(C)(C)C)ccc1N(C(C)C)C(C)C. The molecule has 0 atom stereocenters. The second-order valence-electron chi connectivity index (χ2n) is 9.48. The molecule has 0 aliphatic heterocycles. The van der Waals surface area contributed by atoms with Gasteiger partial charge in [0.05, 0.1) is 11.8 Å². The summed E-state index contributed by atoms with van der Waals surface area (Å²) in [5, 5.41) is 0. The molecule has 6 heteroatoms. The van der Waals surface area contributed by atoms with Crippen molar-refractivity contribution in [1.29, 1.82) is 0 Å². The molecule has 5 nitrogen and oxygen atoms in total. The molecule has 0 radical (unpaired) electrons. The summed E-state index contributed by atoms with van der Waals surface area (Å²) >= 11 is 0. The third-order valence-electron chi connectivity index (χ3n) is 4.44. The van der Waals surface area contributed by atoms with Crippen LogP contribution in [0.4, 0.5) is 11.4 Å². The molecular weight excluding hydrogens is 372 g/mol. The van der Waals surface area contributed by atoms with Crippen LogP contribution in [0.25, 0.3) is 0 Å². The molecule has 1 aromatic rings. The number of anilines is 2. The van der Waals surface area contributed by atoms with Gasteiger partial charge >= 0.3 is 0 Å². The Balaban J connectivity index is 3.77. The van der Waals surface area contributed by atoms with Crippen LogP contribution in [0, 0.1) is 0 Å². The van der Waals surface area contributed by atoms with Crippen molar-refractivity contribution < 1.29 is 12.6 Å². The highest BCUT2D eigenvalue weighted by atomic mass is 32.2. The van der Waals surface area contributed by atoms with Crippen molar-refractivity contribution >= 4 is 21.5 Å². The smallest absolute Gasteiger partial charge is 0.299 e. The van der Waals surface area contributed by atoms with Gasteiger partial charge in [0.2, 0.25) is 0 Å². The molecule has 162 valence electrons. The zero-order chi connectivity index (χ0) is 22.0. The third kappa shape index (κ3) is 5.86. The van der Waals surface area contributed by atoms with E-state index in [0.29, 0.717) is 5.69 Å². The quantitative estimate of drug-likeness (QED) is 0.532. The van der Waals surface area contributed by atoms with Crippen LogP contribution in [0.3, 0.4) is 0 Å². The normalized spacial score (nSPS) is 13.1. The van der Waals surface area contributed by atoms with E-state index in [2.05, 4.69) is 72.1 Å². The van der Waals surface area contributed by atoms with Gasteiger partial charge in [-0.15, -0.1) is 0 Å². The molecule has 0 saturated heterocycles. The monoisotopic (exact) mass is 412 g/mol. The number of rotatable bonds is 8. The fourth-order valence-electron chi connectivity index (χ4n) is 3.98. The van der Waals surface area contributed by atoms with E-state index in [-0.39, 0.29) is 28.6 Å². The van der Waals surface area contributed by atoms with Crippen molar-refractivity contribution in [2.24, 2.45) is 0 Å². The van der Waals surface area contributed by atoms with Crippen molar-refractivity contribution in [3.63, 3.8) is 0 Å². The number of hydrogen-bond donors (Lipinski definition) is 0. The lowest BCUT2D eigenvalue weighted by atomic mass is 10.0. The standard InChI is InChI=1S/C22H40N2O3S/c1-15(2)23(16(3)4)20-13-12-19(24(17(5)6)22(9,10)11)14-21(20)28(25,26)27-18(7)8/h12-18H,1-11H3. The van der Waals surface area contributed by atoms with Gasteiger partial charge in [-0.1, -0.05) is 0 Å². The Morgan fingerprint density at radius 2 is 1.36 bits per heavy atom. The lowest BCUT2D eigenvalue weighted by Crippen LogP contribution is -2.46. The second-order valence-corrected chi connectivity index (χ2v) is 11.0. The van der Waals surface area contributed by atoms with E-state index in [4.69, 9.17) is 4.18 Å². The maximum absolute atomic E-state index is 13.1. The minimum Gasteiger partial charge on any atom is -0.366 e. The van der Waals surface area contributed by atoms with Crippen LogP contribution in [0.2, 0.25) is 0 Å². The Labute approximate surface area is 173 Å². The van der Waals surface area contributed by atoms with Gasteiger partial charge in [0.15, 0.2) is 0 Å². The van der Waals surface area contributed by atoms with E-state index in [1.165, 1.54) is 0 Å². The molecule has 0 heterocycles. The van der Waals surface area contributed by atoms with Crippen LogP contribution in [0.1, 0.15) is 76.2 Å². The van der Waals surface area contributed by atoms with Crippen molar-refractivity contribution in [3.8, 4) is 0 Å². The van der Waals surface area contributed by atoms with Gasteiger partial charge in [0, 0.05) is 29.4 Å². The molecule has 0 bridgehead atoms. The van der Waals surface area contributed by atoms with Crippen molar-refractivity contribution in [2.45, 2.75) is 111 Å². The van der Waals surface area contributed by atoms with Gasteiger partial charge in [-0.2, -0.15) is 8.42 Å². The first-order valence-electron chi connectivity index (χ1n) is 10.2. The molecule has 1 aromatic carbocycles. The molecule has 0 fully saturated rings. The van der Waals surface area contributed by atoms with Crippen LogP contribution in [0.15, 0.2) is 23.1 Å². The Hall–Kier alpha value is -1.27. The van der Waals surface area contributed by atoms with Gasteiger partial charge in [0.1, 0.15) is 4.90 Å². The van der Waals surface area contributed by atoms with Gasteiger partial charge < -0.3 is 9.80 Å². The topological polar surface area (TPSA) is 49.9 Å². The predicted molar refractivity (Wildman–Crippen MR) is 120 cm³/mol. The average molecular weight is 413 g/mol. The van der Waals surface area contributed by atoms with E-state index in [9.17, 15) is 8.42 Å². The summed E-state index contributed by atoms with van der Waals surface area (Å²) in [4.78, 5) is 4.59. The molecule has 0 amide bonds. The number of nitrogens with zero attached hydrogens (tertiary/aromatic N) is 2. The molecule has 0 aromatic heterocycles. The minimum absolute atomic E-state index is 0.147. The largest absolute Gasteiger partial charge is 0.366 e. The van der Waals surface area contributed by atoms with Gasteiger partial charge in [-0.3, -0.25) is 4.18 Å². The highest BCUT2D eigenvalue weighted by Gasteiger charge is 2.30. The summed E-state index contributed by atoms with van der Waals surface area (Å²) in [6.07, 6.45) is -0.420. The Kier molecular flexibility index (Phi) is 7.99. The average Bonchev–Trinajstić information content (AvgIpc) is 2.44. The maximum atomic E-state index is 13.1. The summed E-state index contributed by atoms with van der Waals surface area (Å²) in [5.74, 6) is 0. The van der Waals surface area contributed by atoms with E-state index < -0.39 is 16.2 Å². The lowest BCUT2D eigenvalue weighted by molar-refractivity contribution is 0.249. The van der Waals surface area contributed by atoms with Crippen LogP contribution in [0.5, 0.6) is 0 Å². The van der Waals surface area contributed by atoms with Gasteiger partial charge in [-0.05, 0) is 94.4 Å². The molecular formula is C22H40N2O3S. The molecule has 0 N–H and O–H groups in total. The number of hydrogen-bond acceptors (Lipinski definition) is 5. The first-order valence-corrected chi connectivity index (χ1v) is 11.7. The van der Waals surface area contributed by atoms with E-state index in [1.807, 2.05) is 12.1 Å². The first-order chi connectivity index (χ1) is 12.6. The van der Waals surface area contributed by atoms with Crippen LogP contribution in [-0.4, -0.2) is 38.2 Å². The zero-order valence-corrected chi connectivity index (χ0v) is 20.4. The molecule has 0 unspecified atom stereocenters. The second kappa shape index (κ2) is 9.04. The fraction of sp³-hybridized carbons (Fsp3) is 0.727. The van der Waals surface area contributed by atoms with E-state index in [1.54, 1.807) is 19.9 Å². The van der Waals surface area contributed by atoms with Gasteiger partial charge in [-0.25, -0.2) is 0 Å². The fourth-order valence-corrected chi connectivity index (χ4v) is 5.29. The summed E-state index contributed by atoms with van der Waals surface area (Å²) in [5.41, 5.74) is 1.42. The molecule has 1 rings (SSSR count). The van der Waals surface area contributed by atoms with Crippen molar-refractivity contribution in [2.75, 3.05) is 9.80 Å². The summed E-state index contributed by atoms with van der Waals surface area (Å²) in [7, 11) is -3.90. The maximum Gasteiger partial charge on any atom is 0.299 e. The number of benzene rings is 1. The van der Waals surface area contributed by atoms with Crippen molar-refractivity contribution in [1.82, 2.24) is 0 Å². The first kappa shape index (κ1) is 24.8. The molecule has 0 aliphatic rings. The molecule has 0 saturated carbocycles. The highest BCUT2D eigenvalue weighted by Crippen LogP contribution is 2.36. The molecule has 28 heavy (non-hydrogen) atoms.